The third kappa shape index (κ3) is 2.34. The van der Waals surface area contributed by atoms with E-state index in [9.17, 15) is 5.26 Å². The number of nitriles is 1. The molecule has 0 atom stereocenters. The summed E-state index contributed by atoms with van der Waals surface area (Å²) in [4.78, 5) is 4.59. The summed E-state index contributed by atoms with van der Waals surface area (Å²) >= 11 is 0. The fraction of sp³-hybridized carbons (Fsp3) is 0.176. The number of aryl methyl sites for hydroxylation is 1. The van der Waals surface area contributed by atoms with Crippen LogP contribution in [0.3, 0.4) is 0 Å². The fourth-order valence-electron chi connectivity index (χ4n) is 2.48. The van der Waals surface area contributed by atoms with Crippen LogP contribution < -0.4 is 4.74 Å². The Kier molecular flexibility index (Phi) is 3.33. The van der Waals surface area contributed by atoms with Crippen molar-refractivity contribution in [2.75, 3.05) is 7.11 Å². The third-order valence-corrected chi connectivity index (χ3v) is 3.55. The number of ether oxygens (including phenoxy) is 1. The highest BCUT2D eigenvalue weighted by Gasteiger charge is 2.13. The van der Waals surface area contributed by atoms with Gasteiger partial charge in [-0.15, -0.1) is 0 Å². The van der Waals surface area contributed by atoms with Gasteiger partial charge < -0.3 is 4.74 Å². The highest BCUT2D eigenvalue weighted by atomic mass is 16.5. The van der Waals surface area contributed by atoms with Gasteiger partial charge in [0.1, 0.15) is 23.2 Å². The van der Waals surface area contributed by atoms with Crippen molar-refractivity contribution in [1.29, 1.82) is 5.26 Å². The first-order valence-corrected chi connectivity index (χ1v) is 6.73. The predicted octanol–water partition coefficient (Wildman–Crippen LogP) is 3.11. The van der Waals surface area contributed by atoms with Crippen molar-refractivity contribution in [2.24, 2.45) is 0 Å². The van der Waals surface area contributed by atoms with E-state index in [1.165, 1.54) is 0 Å². The van der Waals surface area contributed by atoms with Crippen molar-refractivity contribution >= 4 is 5.65 Å². The van der Waals surface area contributed by atoms with E-state index in [0.29, 0.717) is 12.1 Å². The number of hydrogen-bond acceptors (Lipinski definition) is 3. The SMILES string of the molecule is COc1ccc(Cc2nc3cccc(C)n3c2C#N)cc1. The number of fused-ring (bicyclic) bond motifs is 1. The van der Waals surface area contributed by atoms with Crippen LogP contribution in [0.1, 0.15) is 22.6 Å². The molecule has 21 heavy (non-hydrogen) atoms. The minimum Gasteiger partial charge on any atom is -0.497 e. The molecule has 0 amide bonds. The zero-order valence-corrected chi connectivity index (χ0v) is 12.0. The lowest BCUT2D eigenvalue weighted by atomic mass is 10.1. The maximum absolute atomic E-state index is 9.46. The molecule has 0 aliphatic carbocycles. The number of aromatic nitrogens is 2. The molecule has 0 saturated heterocycles. The molecule has 2 aromatic heterocycles. The first-order valence-electron chi connectivity index (χ1n) is 6.73. The van der Waals surface area contributed by atoms with Crippen molar-refractivity contribution < 1.29 is 4.74 Å². The molecule has 0 aliphatic heterocycles. The average Bonchev–Trinajstić information content (AvgIpc) is 2.86. The Morgan fingerprint density at radius 1 is 1.19 bits per heavy atom. The van der Waals surface area contributed by atoms with E-state index in [1.807, 2.05) is 53.8 Å². The molecule has 0 bridgehead atoms. The van der Waals surface area contributed by atoms with E-state index < -0.39 is 0 Å². The van der Waals surface area contributed by atoms with E-state index in [2.05, 4.69) is 11.1 Å². The minimum absolute atomic E-state index is 0.610. The first-order chi connectivity index (χ1) is 10.2. The Morgan fingerprint density at radius 3 is 2.62 bits per heavy atom. The molecule has 4 heteroatoms. The molecule has 3 rings (SSSR count). The zero-order valence-electron chi connectivity index (χ0n) is 12.0. The van der Waals surface area contributed by atoms with Crippen molar-refractivity contribution in [3.05, 3.63) is 65.1 Å². The summed E-state index contributed by atoms with van der Waals surface area (Å²) in [6, 6.07) is 16.0. The van der Waals surface area contributed by atoms with Gasteiger partial charge in [-0.1, -0.05) is 18.2 Å². The van der Waals surface area contributed by atoms with Gasteiger partial charge in [0.25, 0.3) is 0 Å². The average molecular weight is 277 g/mol. The predicted molar refractivity (Wildman–Crippen MR) is 80.4 cm³/mol. The number of pyridine rings is 1. The number of nitrogens with zero attached hydrogens (tertiary/aromatic N) is 3. The van der Waals surface area contributed by atoms with Crippen molar-refractivity contribution in [1.82, 2.24) is 9.38 Å². The van der Waals surface area contributed by atoms with E-state index in [4.69, 9.17) is 4.74 Å². The molecule has 0 saturated carbocycles. The van der Waals surface area contributed by atoms with Gasteiger partial charge in [0.15, 0.2) is 0 Å². The van der Waals surface area contributed by atoms with Gasteiger partial charge in [-0.2, -0.15) is 5.26 Å². The third-order valence-electron chi connectivity index (χ3n) is 3.55. The summed E-state index contributed by atoms with van der Waals surface area (Å²) in [6.45, 7) is 1.98. The van der Waals surface area contributed by atoms with Crippen LogP contribution in [0.25, 0.3) is 5.65 Å². The lowest BCUT2D eigenvalue weighted by Crippen LogP contribution is -1.96. The van der Waals surface area contributed by atoms with Crippen LogP contribution in [0, 0.1) is 18.3 Å². The van der Waals surface area contributed by atoms with Gasteiger partial charge in [-0.3, -0.25) is 4.40 Å². The topological polar surface area (TPSA) is 50.3 Å². The largest absolute Gasteiger partial charge is 0.497 e. The molecular formula is C17H15N3O. The van der Waals surface area contributed by atoms with Crippen LogP contribution in [0.4, 0.5) is 0 Å². The Balaban J connectivity index is 2.04. The second-order valence-electron chi connectivity index (χ2n) is 4.90. The molecule has 104 valence electrons. The summed E-state index contributed by atoms with van der Waals surface area (Å²) < 4.78 is 7.06. The van der Waals surface area contributed by atoms with Gasteiger partial charge in [0, 0.05) is 12.1 Å². The number of methoxy groups -OCH3 is 1. The van der Waals surface area contributed by atoms with Gasteiger partial charge >= 0.3 is 0 Å². The Labute approximate surface area is 123 Å². The Bertz CT molecular complexity index is 826. The lowest BCUT2D eigenvalue weighted by molar-refractivity contribution is 0.414. The van der Waals surface area contributed by atoms with E-state index in [0.717, 1.165) is 28.3 Å². The summed E-state index contributed by atoms with van der Waals surface area (Å²) in [5.41, 5.74) is 4.34. The standard InChI is InChI=1S/C17H15N3O/c1-12-4-3-5-17-19-15(16(11-18)20(12)17)10-13-6-8-14(21-2)9-7-13/h3-9H,10H2,1-2H3. The van der Waals surface area contributed by atoms with Crippen molar-refractivity contribution in [3.63, 3.8) is 0 Å². The molecule has 1 aromatic carbocycles. The number of benzene rings is 1. The van der Waals surface area contributed by atoms with Gasteiger partial charge in [-0.05, 0) is 36.8 Å². The van der Waals surface area contributed by atoms with Crippen LogP contribution in [0.2, 0.25) is 0 Å². The van der Waals surface area contributed by atoms with Crippen LogP contribution in [-0.2, 0) is 6.42 Å². The van der Waals surface area contributed by atoms with Gasteiger partial charge in [0.2, 0.25) is 0 Å². The van der Waals surface area contributed by atoms with Crippen LogP contribution in [0.15, 0.2) is 42.5 Å². The monoisotopic (exact) mass is 277 g/mol. The summed E-state index contributed by atoms with van der Waals surface area (Å²) in [7, 11) is 1.65. The molecule has 0 N–H and O–H groups in total. The number of rotatable bonds is 3. The molecule has 0 aliphatic rings. The molecule has 0 unspecified atom stereocenters. The first kappa shape index (κ1) is 13.2. The molecule has 4 nitrogen and oxygen atoms in total. The van der Waals surface area contributed by atoms with Crippen LogP contribution >= 0.6 is 0 Å². The van der Waals surface area contributed by atoms with E-state index in [-0.39, 0.29) is 0 Å². The molecule has 2 heterocycles. The Morgan fingerprint density at radius 2 is 1.95 bits per heavy atom. The fourth-order valence-corrected chi connectivity index (χ4v) is 2.48. The van der Waals surface area contributed by atoms with Crippen molar-refractivity contribution in [2.45, 2.75) is 13.3 Å². The van der Waals surface area contributed by atoms with Crippen LogP contribution in [0.5, 0.6) is 5.75 Å². The second kappa shape index (κ2) is 5.29. The number of hydrogen-bond donors (Lipinski definition) is 0. The van der Waals surface area contributed by atoms with Crippen molar-refractivity contribution in [3.8, 4) is 11.8 Å². The number of imidazole rings is 1. The molecule has 0 spiro atoms. The summed E-state index contributed by atoms with van der Waals surface area (Å²) in [5.74, 6) is 0.824. The Hall–Kier alpha value is -2.80. The quantitative estimate of drug-likeness (QED) is 0.739. The normalized spacial score (nSPS) is 10.5. The maximum Gasteiger partial charge on any atom is 0.148 e. The minimum atomic E-state index is 0.610. The smallest absolute Gasteiger partial charge is 0.148 e. The van der Waals surface area contributed by atoms with Crippen LogP contribution in [-0.4, -0.2) is 16.5 Å². The van der Waals surface area contributed by atoms with E-state index >= 15 is 0 Å². The summed E-state index contributed by atoms with van der Waals surface area (Å²) in [5, 5.41) is 9.46. The van der Waals surface area contributed by atoms with Gasteiger partial charge in [-0.25, -0.2) is 4.98 Å². The molecule has 3 aromatic rings. The molecule has 0 fully saturated rings. The lowest BCUT2D eigenvalue weighted by Gasteiger charge is -2.02. The zero-order chi connectivity index (χ0) is 14.8. The maximum atomic E-state index is 9.46. The van der Waals surface area contributed by atoms with E-state index in [1.54, 1.807) is 7.11 Å². The second-order valence-corrected chi connectivity index (χ2v) is 4.90. The highest BCUT2D eigenvalue weighted by Crippen LogP contribution is 2.19. The highest BCUT2D eigenvalue weighted by molar-refractivity contribution is 5.50. The van der Waals surface area contributed by atoms with Gasteiger partial charge in [0.05, 0.1) is 12.8 Å². The summed E-state index contributed by atoms with van der Waals surface area (Å²) in [6.07, 6.45) is 0.633. The molecular weight excluding hydrogens is 262 g/mol. The molecule has 0 radical (unpaired) electrons.